The van der Waals surface area contributed by atoms with E-state index >= 15 is 0 Å². The average Bonchev–Trinajstić information content (AvgIpc) is 2.10. The normalized spacial score (nSPS) is 13.2. The van der Waals surface area contributed by atoms with E-state index in [4.69, 9.17) is 23.2 Å². The molecule has 1 unspecified atom stereocenters. The highest BCUT2D eigenvalue weighted by Gasteiger charge is 2.08. The van der Waals surface area contributed by atoms with Gasteiger partial charge in [-0.1, -0.05) is 37.6 Å². The lowest BCUT2D eigenvalue weighted by molar-refractivity contribution is 0.561. The van der Waals surface area contributed by atoms with E-state index < -0.39 is 0 Å². The monoisotopic (exact) mass is 244 g/mol. The first-order valence-corrected chi connectivity index (χ1v) is 6.19. The van der Waals surface area contributed by atoms with Gasteiger partial charge in [0.25, 0.3) is 0 Å². The molecule has 0 fully saturated rings. The predicted molar refractivity (Wildman–Crippen MR) is 69.0 cm³/mol. The molecule has 1 atom stereocenters. The van der Waals surface area contributed by atoms with Gasteiger partial charge in [-0.3, -0.25) is 0 Å². The van der Waals surface area contributed by atoms with Gasteiger partial charge in [-0.15, -0.1) is 11.6 Å². The summed E-state index contributed by atoms with van der Waals surface area (Å²) in [4.78, 5) is 0. The van der Waals surface area contributed by atoms with Gasteiger partial charge in [0.1, 0.15) is 0 Å². The van der Waals surface area contributed by atoms with Crippen LogP contribution in [0.4, 0.5) is 0 Å². The van der Waals surface area contributed by atoms with Crippen molar-refractivity contribution in [3.05, 3.63) is 34.3 Å². The second-order valence-electron chi connectivity index (χ2n) is 4.51. The number of hydrogen-bond donors (Lipinski definition) is 0. The van der Waals surface area contributed by atoms with Crippen LogP contribution in [0.5, 0.6) is 0 Å². The van der Waals surface area contributed by atoms with Crippen molar-refractivity contribution in [2.45, 2.75) is 39.0 Å². The zero-order valence-electron chi connectivity index (χ0n) is 9.56. The van der Waals surface area contributed by atoms with Crippen LogP contribution < -0.4 is 0 Å². The lowest BCUT2D eigenvalue weighted by Gasteiger charge is -2.12. The molecule has 0 aliphatic carbocycles. The fourth-order valence-electron chi connectivity index (χ4n) is 1.68. The summed E-state index contributed by atoms with van der Waals surface area (Å²) in [5.41, 5.74) is 2.40. The van der Waals surface area contributed by atoms with Crippen molar-refractivity contribution in [2.75, 3.05) is 0 Å². The van der Waals surface area contributed by atoms with Crippen molar-refractivity contribution >= 4 is 23.2 Å². The molecule has 84 valence electrons. The SMILES string of the molecule is Cc1cc(CC(Cl)CC(C)C)ccc1Cl. The van der Waals surface area contributed by atoms with Gasteiger partial charge in [-0.25, -0.2) is 0 Å². The third-order valence-electron chi connectivity index (χ3n) is 2.41. The fourth-order valence-corrected chi connectivity index (χ4v) is 2.34. The zero-order valence-corrected chi connectivity index (χ0v) is 11.1. The molecular weight excluding hydrogens is 227 g/mol. The molecule has 0 amide bonds. The van der Waals surface area contributed by atoms with Gasteiger partial charge in [0.05, 0.1) is 0 Å². The third kappa shape index (κ3) is 4.44. The van der Waals surface area contributed by atoms with Crippen molar-refractivity contribution in [1.82, 2.24) is 0 Å². The lowest BCUT2D eigenvalue weighted by atomic mass is 10.0. The Bertz CT molecular complexity index is 318. The van der Waals surface area contributed by atoms with Gasteiger partial charge in [0.15, 0.2) is 0 Å². The first-order chi connectivity index (χ1) is 6.99. The summed E-state index contributed by atoms with van der Waals surface area (Å²) in [5, 5.41) is 1.05. The molecule has 0 aliphatic heterocycles. The maximum Gasteiger partial charge on any atom is 0.0435 e. The Hall–Kier alpha value is -0.200. The van der Waals surface area contributed by atoms with Gasteiger partial charge < -0.3 is 0 Å². The molecule has 0 aromatic heterocycles. The van der Waals surface area contributed by atoms with Crippen LogP contribution in [0.2, 0.25) is 5.02 Å². The Morgan fingerprint density at radius 1 is 1.27 bits per heavy atom. The van der Waals surface area contributed by atoms with Gasteiger partial charge in [-0.2, -0.15) is 0 Å². The smallest absolute Gasteiger partial charge is 0.0435 e. The van der Waals surface area contributed by atoms with E-state index in [0.717, 1.165) is 23.4 Å². The molecular formula is C13H18Cl2. The van der Waals surface area contributed by atoms with E-state index in [2.05, 4.69) is 26.0 Å². The molecule has 1 rings (SSSR count). The molecule has 0 aliphatic rings. The van der Waals surface area contributed by atoms with E-state index in [1.165, 1.54) is 5.56 Å². The van der Waals surface area contributed by atoms with Crippen molar-refractivity contribution in [3.63, 3.8) is 0 Å². The van der Waals surface area contributed by atoms with Gasteiger partial charge in [0.2, 0.25) is 0 Å². The molecule has 0 bridgehead atoms. The summed E-state index contributed by atoms with van der Waals surface area (Å²) in [6.07, 6.45) is 1.99. The van der Waals surface area contributed by atoms with Gasteiger partial charge in [-0.05, 0) is 42.9 Å². The van der Waals surface area contributed by atoms with E-state index in [0.29, 0.717) is 5.92 Å². The van der Waals surface area contributed by atoms with Crippen molar-refractivity contribution < 1.29 is 0 Å². The van der Waals surface area contributed by atoms with E-state index in [1.54, 1.807) is 0 Å². The second-order valence-corrected chi connectivity index (χ2v) is 5.54. The molecule has 0 nitrogen and oxygen atoms in total. The van der Waals surface area contributed by atoms with Crippen LogP contribution in [0, 0.1) is 12.8 Å². The third-order valence-corrected chi connectivity index (χ3v) is 3.16. The quantitative estimate of drug-likeness (QED) is 0.665. The molecule has 1 aromatic carbocycles. The first-order valence-electron chi connectivity index (χ1n) is 5.38. The first kappa shape index (κ1) is 12.9. The van der Waals surface area contributed by atoms with Gasteiger partial charge in [0, 0.05) is 10.4 Å². The standard InChI is InChI=1S/C13H18Cl2/c1-9(2)6-12(14)8-11-4-5-13(15)10(3)7-11/h4-5,7,9,12H,6,8H2,1-3H3. The highest BCUT2D eigenvalue weighted by atomic mass is 35.5. The summed E-state index contributed by atoms with van der Waals surface area (Å²) in [7, 11) is 0. The molecule has 0 heterocycles. The molecule has 0 radical (unpaired) electrons. The second kappa shape index (κ2) is 5.77. The van der Waals surface area contributed by atoms with Crippen LogP contribution >= 0.6 is 23.2 Å². The number of halogens is 2. The Kier molecular flexibility index (Phi) is 4.95. The average molecular weight is 245 g/mol. The van der Waals surface area contributed by atoms with Crippen molar-refractivity contribution in [2.24, 2.45) is 5.92 Å². The minimum Gasteiger partial charge on any atom is -0.123 e. The van der Waals surface area contributed by atoms with Crippen LogP contribution in [-0.4, -0.2) is 5.38 Å². The summed E-state index contributed by atoms with van der Waals surface area (Å²) in [6.45, 7) is 6.42. The number of aryl methyl sites for hydroxylation is 1. The largest absolute Gasteiger partial charge is 0.123 e. The highest BCUT2D eigenvalue weighted by Crippen LogP contribution is 2.20. The Morgan fingerprint density at radius 2 is 1.93 bits per heavy atom. The van der Waals surface area contributed by atoms with E-state index in [-0.39, 0.29) is 5.38 Å². The van der Waals surface area contributed by atoms with Crippen LogP contribution in [0.3, 0.4) is 0 Å². The van der Waals surface area contributed by atoms with Crippen LogP contribution in [-0.2, 0) is 6.42 Å². The zero-order chi connectivity index (χ0) is 11.4. The Morgan fingerprint density at radius 3 is 2.47 bits per heavy atom. The predicted octanol–water partition coefficient (Wildman–Crippen LogP) is 4.84. The van der Waals surface area contributed by atoms with Gasteiger partial charge >= 0.3 is 0 Å². The summed E-state index contributed by atoms with van der Waals surface area (Å²) in [6, 6.07) is 6.13. The molecule has 0 saturated carbocycles. The van der Waals surface area contributed by atoms with Crippen molar-refractivity contribution in [1.29, 1.82) is 0 Å². The lowest BCUT2D eigenvalue weighted by Crippen LogP contribution is -2.07. The van der Waals surface area contributed by atoms with E-state index in [1.807, 2.05) is 13.0 Å². The maximum atomic E-state index is 6.27. The summed E-state index contributed by atoms with van der Waals surface area (Å²) < 4.78 is 0. The summed E-state index contributed by atoms with van der Waals surface area (Å²) >= 11 is 12.2. The van der Waals surface area contributed by atoms with Crippen LogP contribution in [0.25, 0.3) is 0 Å². The maximum absolute atomic E-state index is 6.27. The number of hydrogen-bond acceptors (Lipinski definition) is 0. The molecule has 0 saturated heterocycles. The number of benzene rings is 1. The molecule has 2 heteroatoms. The number of rotatable bonds is 4. The van der Waals surface area contributed by atoms with E-state index in [9.17, 15) is 0 Å². The molecule has 1 aromatic rings. The summed E-state index contributed by atoms with van der Waals surface area (Å²) in [5.74, 6) is 0.654. The minimum absolute atomic E-state index is 0.227. The Labute approximate surface area is 103 Å². The topological polar surface area (TPSA) is 0 Å². The highest BCUT2D eigenvalue weighted by molar-refractivity contribution is 6.31. The molecule has 0 N–H and O–H groups in total. The van der Waals surface area contributed by atoms with Crippen LogP contribution in [0.15, 0.2) is 18.2 Å². The minimum atomic E-state index is 0.227. The fraction of sp³-hybridized carbons (Fsp3) is 0.538. The molecule has 15 heavy (non-hydrogen) atoms. The molecule has 0 spiro atoms. The number of alkyl halides is 1. The Balaban J connectivity index is 2.60. The van der Waals surface area contributed by atoms with Crippen molar-refractivity contribution in [3.8, 4) is 0 Å². The van der Waals surface area contributed by atoms with Crippen LogP contribution in [0.1, 0.15) is 31.4 Å².